The van der Waals surface area contributed by atoms with E-state index in [2.05, 4.69) is 9.97 Å². The summed E-state index contributed by atoms with van der Waals surface area (Å²) in [6.07, 6.45) is 9.31. The molecule has 0 N–H and O–H groups in total. The van der Waals surface area contributed by atoms with E-state index in [1.54, 1.807) is 12.4 Å². The van der Waals surface area contributed by atoms with Gasteiger partial charge < -0.3 is 4.74 Å². The van der Waals surface area contributed by atoms with E-state index in [0.717, 1.165) is 11.3 Å². The van der Waals surface area contributed by atoms with Gasteiger partial charge in [-0.3, -0.25) is 4.98 Å². The molecule has 0 amide bonds. The summed E-state index contributed by atoms with van der Waals surface area (Å²) in [6, 6.07) is 0. The van der Waals surface area contributed by atoms with Gasteiger partial charge in [0.15, 0.2) is 0 Å². The number of hydrogen-bond donors (Lipinski definition) is 0. The third kappa shape index (κ3) is 3.54. The van der Waals surface area contributed by atoms with Crippen molar-refractivity contribution in [3.8, 4) is 5.88 Å². The van der Waals surface area contributed by atoms with Crippen molar-refractivity contribution in [3.05, 3.63) is 36.3 Å². The van der Waals surface area contributed by atoms with Crippen LogP contribution in [-0.2, 0) is 0 Å². The standard InChI is InChI=1S/C12H16N2O/c1-4-6-7-10(3)11-8-13-9-12(14-11)15-5-2/h4,6-9H,5H2,1-3H3. The van der Waals surface area contributed by atoms with E-state index in [4.69, 9.17) is 4.74 Å². The van der Waals surface area contributed by atoms with Crippen LogP contribution in [0, 0.1) is 0 Å². The van der Waals surface area contributed by atoms with Crippen LogP contribution in [0.5, 0.6) is 5.88 Å². The molecule has 80 valence electrons. The minimum atomic E-state index is 0.572. The van der Waals surface area contributed by atoms with Crippen LogP contribution < -0.4 is 4.74 Å². The molecule has 0 aliphatic heterocycles. The van der Waals surface area contributed by atoms with Crippen LogP contribution in [0.25, 0.3) is 5.57 Å². The molecule has 0 radical (unpaired) electrons. The fourth-order valence-corrected chi connectivity index (χ4v) is 1.08. The van der Waals surface area contributed by atoms with Crippen molar-refractivity contribution in [3.63, 3.8) is 0 Å². The second kappa shape index (κ2) is 5.96. The Hall–Kier alpha value is -1.64. The first-order valence-electron chi connectivity index (χ1n) is 5.02. The largest absolute Gasteiger partial charge is 0.477 e. The predicted molar refractivity (Wildman–Crippen MR) is 61.7 cm³/mol. The van der Waals surface area contributed by atoms with Gasteiger partial charge in [-0.05, 0) is 26.3 Å². The van der Waals surface area contributed by atoms with Gasteiger partial charge >= 0.3 is 0 Å². The normalized spacial score (nSPS) is 12.1. The first-order valence-corrected chi connectivity index (χ1v) is 5.02. The third-order valence-electron chi connectivity index (χ3n) is 1.85. The molecule has 3 heteroatoms. The summed E-state index contributed by atoms with van der Waals surface area (Å²) in [6.45, 7) is 6.51. The maximum Gasteiger partial charge on any atom is 0.232 e. The summed E-state index contributed by atoms with van der Waals surface area (Å²) >= 11 is 0. The van der Waals surface area contributed by atoms with Crippen molar-refractivity contribution < 1.29 is 4.74 Å². The monoisotopic (exact) mass is 204 g/mol. The van der Waals surface area contributed by atoms with Crippen molar-refractivity contribution >= 4 is 5.57 Å². The van der Waals surface area contributed by atoms with E-state index in [1.165, 1.54) is 0 Å². The van der Waals surface area contributed by atoms with Gasteiger partial charge in [0.05, 0.1) is 24.7 Å². The summed E-state index contributed by atoms with van der Waals surface area (Å²) in [7, 11) is 0. The number of hydrogen-bond acceptors (Lipinski definition) is 3. The fraction of sp³-hybridized carbons (Fsp3) is 0.333. The molecule has 0 unspecified atom stereocenters. The summed E-state index contributed by atoms with van der Waals surface area (Å²) < 4.78 is 5.28. The summed E-state index contributed by atoms with van der Waals surface area (Å²) in [5.74, 6) is 0.572. The van der Waals surface area contributed by atoms with E-state index >= 15 is 0 Å². The van der Waals surface area contributed by atoms with Gasteiger partial charge in [0.25, 0.3) is 0 Å². The van der Waals surface area contributed by atoms with Crippen molar-refractivity contribution in [1.29, 1.82) is 0 Å². The van der Waals surface area contributed by atoms with Crippen LogP contribution in [0.3, 0.4) is 0 Å². The molecule has 1 aromatic rings. The van der Waals surface area contributed by atoms with Gasteiger partial charge in [0, 0.05) is 0 Å². The first kappa shape index (κ1) is 11.4. The molecule has 0 spiro atoms. The van der Waals surface area contributed by atoms with E-state index in [0.29, 0.717) is 12.5 Å². The molecule has 0 bridgehead atoms. The topological polar surface area (TPSA) is 35.0 Å². The Balaban J connectivity index is 2.89. The highest BCUT2D eigenvalue weighted by Crippen LogP contribution is 2.13. The Labute approximate surface area is 90.5 Å². The number of ether oxygens (including phenoxy) is 1. The van der Waals surface area contributed by atoms with Crippen molar-refractivity contribution in [2.45, 2.75) is 20.8 Å². The molecule has 0 saturated heterocycles. The van der Waals surface area contributed by atoms with Crippen LogP contribution in [-0.4, -0.2) is 16.6 Å². The SMILES string of the molecule is CC=CC=C(C)c1cncc(OCC)n1. The summed E-state index contributed by atoms with van der Waals surface area (Å²) in [5, 5.41) is 0. The van der Waals surface area contributed by atoms with E-state index in [-0.39, 0.29) is 0 Å². The molecule has 0 saturated carbocycles. The molecule has 3 nitrogen and oxygen atoms in total. The Kier molecular flexibility index (Phi) is 4.54. The van der Waals surface area contributed by atoms with Crippen molar-refractivity contribution in [2.24, 2.45) is 0 Å². The van der Waals surface area contributed by atoms with Crippen LogP contribution in [0.4, 0.5) is 0 Å². The Bertz CT molecular complexity index is 370. The molecular weight excluding hydrogens is 188 g/mol. The summed E-state index contributed by atoms with van der Waals surface area (Å²) in [4.78, 5) is 8.41. The highest BCUT2D eigenvalue weighted by molar-refractivity contribution is 5.61. The molecular formula is C12H16N2O. The van der Waals surface area contributed by atoms with Crippen molar-refractivity contribution in [1.82, 2.24) is 9.97 Å². The third-order valence-corrected chi connectivity index (χ3v) is 1.85. The lowest BCUT2D eigenvalue weighted by molar-refractivity contribution is 0.325. The Morgan fingerprint density at radius 3 is 2.93 bits per heavy atom. The second-order valence-electron chi connectivity index (χ2n) is 3.05. The smallest absolute Gasteiger partial charge is 0.232 e. The van der Waals surface area contributed by atoms with E-state index < -0.39 is 0 Å². The highest BCUT2D eigenvalue weighted by atomic mass is 16.5. The lowest BCUT2D eigenvalue weighted by Gasteiger charge is -2.03. The van der Waals surface area contributed by atoms with Crippen LogP contribution in [0.2, 0.25) is 0 Å². The van der Waals surface area contributed by atoms with Gasteiger partial charge in [0.2, 0.25) is 5.88 Å². The molecule has 1 heterocycles. The molecule has 0 fully saturated rings. The van der Waals surface area contributed by atoms with Gasteiger partial charge in [-0.15, -0.1) is 0 Å². The quantitative estimate of drug-likeness (QED) is 0.707. The second-order valence-corrected chi connectivity index (χ2v) is 3.05. The minimum absolute atomic E-state index is 0.572. The van der Waals surface area contributed by atoms with Gasteiger partial charge in [0.1, 0.15) is 0 Å². The summed E-state index contributed by atoms with van der Waals surface area (Å²) in [5.41, 5.74) is 1.92. The fourth-order valence-electron chi connectivity index (χ4n) is 1.08. The van der Waals surface area contributed by atoms with E-state index in [1.807, 2.05) is 39.0 Å². The Morgan fingerprint density at radius 1 is 1.47 bits per heavy atom. The van der Waals surface area contributed by atoms with Gasteiger partial charge in [-0.2, -0.15) is 0 Å². The highest BCUT2D eigenvalue weighted by Gasteiger charge is 2.00. The number of nitrogens with zero attached hydrogens (tertiary/aromatic N) is 2. The molecule has 0 aromatic carbocycles. The molecule has 1 rings (SSSR count). The van der Waals surface area contributed by atoms with Gasteiger partial charge in [-0.1, -0.05) is 18.2 Å². The molecule has 0 aliphatic carbocycles. The Morgan fingerprint density at radius 2 is 2.27 bits per heavy atom. The lowest BCUT2D eigenvalue weighted by Crippen LogP contribution is -1.97. The zero-order valence-electron chi connectivity index (χ0n) is 9.40. The van der Waals surface area contributed by atoms with Crippen LogP contribution in [0.15, 0.2) is 30.6 Å². The van der Waals surface area contributed by atoms with Crippen LogP contribution in [0.1, 0.15) is 26.5 Å². The van der Waals surface area contributed by atoms with Crippen LogP contribution >= 0.6 is 0 Å². The zero-order chi connectivity index (χ0) is 11.1. The maximum absolute atomic E-state index is 5.28. The maximum atomic E-state index is 5.28. The molecule has 15 heavy (non-hydrogen) atoms. The van der Waals surface area contributed by atoms with Crippen molar-refractivity contribution in [2.75, 3.05) is 6.61 Å². The molecule has 0 aliphatic rings. The average molecular weight is 204 g/mol. The van der Waals surface area contributed by atoms with E-state index in [9.17, 15) is 0 Å². The minimum Gasteiger partial charge on any atom is -0.477 e. The van der Waals surface area contributed by atoms with Gasteiger partial charge in [-0.25, -0.2) is 4.98 Å². The average Bonchev–Trinajstić information content (AvgIpc) is 2.27. The zero-order valence-corrected chi connectivity index (χ0v) is 9.40. The number of allylic oxidation sites excluding steroid dienone is 4. The molecule has 1 aromatic heterocycles. The number of rotatable bonds is 4. The predicted octanol–water partition coefficient (Wildman–Crippen LogP) is 2.85. The number of aromatic nitrogens is 2. The lowest BCUT2D eigenvalue weighted by atomic mass is 10.2. The first-order chi connectivity index (χ1) is 7.27. The molecule has 0 atom stereocenters.